The molecule has 0 aliphatic heterocycles. The zero-order chi connectivity index (χ0) is 10.3. The normalized spacial score (nSPS) is 9.77. The third kappa shape index (κ3) is 4.54. The maximum absolute atomic E-state index is 11.5. The van der Waals surface area contributed by atoms with Gasteiger partial charge in [0.15, 0.2) is 0 Å². The number of hydrogen-bond acceptors (Lipinski definition) is 2. The summed E-state index contributed by atoms with van der Waals surface area (Å²) in [6.07, 6.45) is 5.64. The number of carbonyl (C=O) groups is 1. The molecule has 0 spiro atoms. The van der Waals surface area contributed by atoms with Crippen molar-refractivity contribution in [2.75, 3.05) is 19.7 Å². The Morgan fingerprint density at radius 2 is 2.15 bits per heavy atom. The molecule has 1 N–H and O–H groups in total. The summed E-state index contributed by atoms with van der Waals surface area (Å²) in [5, 5.41) is 8.72. The second kappa shape index (κ2) is 6.50. The molecule has 3 nitrogen and oxygen atoms in total. The van der Waals surface area contributed by atoms with E-state index in [9.17, 15) is 4.79 Å². The summed E-state index contributed by atoms with van der Waals surface area (Å²) in [7, 11) is 0. The van der Waals surface area contributed by atoms with E-state index in [1.54, 1.807) is 4.90 Å². The van der Waals surface area contributed by atoms with Crippen molar-refractivity contribution in [2.24, 2.45) is 5.92 Å². The first-order valence-corrected chi connectivity index (χ1v) is 4.46. The highest BCUT2D eigenvalue weighted by Crippen LogP contribution is 2.01. The van der Waals surface area contributed by atoms with Gasteiger partial charge >= 0.3 is 0 Å². The standard InChI is InChI=1S/C10H17NO2/c1-4-5-6-11(7-8-12)10(13)9(2)3/h1,9,12H,5-8H2,2-3H3. The average Bonchev–Trinajstić information content (AvgIpc) is 2.11. The molecule has 0 radical (unpaired) electrons. The second-order valence-electron chi connectivity index (χ2n) is 3.16. The number of amides is 1. The molecule has 0 atom stereocenters. The van der Waals surface area contributed by atoms with Crippen LogP contribution in [0.1, 0.15) is 20.3 Å². The van der Waals surface area contributed by atoms with Gasteiger partial charge in [0, 0.05) is 25.4 Å². The fraction of sp³-hybridized carbons (Fsp3) is 0.700. The first-order chi connectivity index (χ1) is 6.13. The van der Waals surface area contributed by atoms with Crippen LogP contribution in [0.25, 0.3) is 0 Å². The van der Waals surface area contributed by atoms with Gasteiger partial charge in [0.25, 0.3) is 0 Å². The number of nitrogens with zero attached hydrogens (tertiary/aromatic N) is 1. The minimum Gasteiger partial charge on any atom is -0.395 e. The number of carbonyl (C=O) groups excluding carboxylic acids is 1. The van der Waals surface area contributed by atoms with E-state index >= 15 is 0 Å². The zero-order valence-corrected chi connectivity index (χ0v) is 8.29. The molecular weight excluding hydrogens is 166 g/mol. The van der Waals surface area contributed by atoms with Crippen molar-refractivity contribution < 1.29 is 9.90 Å². The van der Waals surface area contributed by atoms with Crippen LogP contribution in [0, 0.1) is 18.3 Å². The fourth-order valence-corrected chi connectivity index (χ4v) is 1.02. The third-order valence-corrected chi connectivity index (χ3v) is 1.70. The maximum Gasteiger partial charge on any atom is 0.225 e. The molecule has 0 aromatic heterocycles. The van der Waals surface area contributed by atoms with Crippen molar-refractivity contribution in [3.05, 3.63) is 0 Å². The van der Waals surface area contributed by atoms with Crippen LogP contribution in [0.4, 0.5) is 0 Å². The van der Waals surface area contributed by atoms with E-state index in [0.29, 0.717) is 19.5 Å². The lowest BCUT2D eigenvalue weighted by molar-refractivity contribution is -0.134. The molecule has 1 amide bonds. The average molecular weight is 183 g/mol. The highest BCUT2D eigenvalue weighted by Gasteiger charge is 2.15. The van der Waals surface area contributed by atoms with Gasteiger partial charge in [-0.2, -0.15) is 0 Å². The van der Waals surface area contributed by atoms with Crippen molar-refractivity contribution in [1.29, 1.82) is 0 Å². The summed E-state index contributed by atoms with van der Waals surface area (Å²) in [4.78, 5) is 13.1. The van der Waals surface area contributed by atoms with Crippen molar-refractivity contribution in [2.45, 2.75) is 20.3 Å². The smallest absolute Gasteiger partial charge is 0.225 e. The van der Waals surface area contributed by atoms with E-state index < -0.39 is 0 Å². The van der Waals surface area contributed by atoms with Crippen molar-refractivity contribution in [1.82, 2.24) is 4.90 Å². The monoisotopic (exact) mass is 183 g/mol. The highest BCUT2D eigenvalue weighted by molar-refractivity contribution is 5.78. The number of aliphatic hydroxyl groups is 1. The first kappa shape index (κ1) is 12.0. The number of terminal acetylenes is 1. The lowest BCUT2D eigenvalue weighted by Gasteiger charge is -2.22. The lowest BCUT2D eigenvalue weighted by atomic mass is 10.2. The van der Waals surface area contributed by atoms with Gasteiger partial charge in [-0.1, -0.05) is 13.8 Å². The van der Waals surface area contributed by atoms with Gasteiger partial charge in [-0.25, -0.2) is 0 Å². The van der Waals surface area contributed by atoms with Crippen molar-refractivity contribution >= 4 is 5.91 Å². The summed E-state index contributed by atoms with van der Waals surface area (Å²) in [6, 6.07) is 0. The maximum atomic E-state index is 11.5. The highest BCUT2D eigenvalue weighted by atomic mass is 16.3. The Labute approximate surface area is 79.7 Å². The molecule has 74 valence electrons. The number of hydrogen-bond donors (Lipinski definition) is 1. The van der Waals surface area contributed by atoms with E-state index in [1.807, 2.05) is 13.8 Å². The van der Waals surface area contributed by atoms with Crippen LogP contribution >= 0.6 is 0 Å². The Hall–Kier alpha value is -1.01. The largest absolute Gasteiger partial charge is 0.395 e. The third-order valence-electron chi connectivity index (χ3n) is 1.70. The molecular formula is C10H17NO2. The van der Waals surface area contributed by atoms with E-state index in [2.05, 4.69) is 5.92 Å². The minimum absolute atomic E-state index is 0.0109. The van der Waals surface area contributed by atoms with E-state index in [4.69, 9.17) is 11.5 Å². The van der Waals surface area contributed by atoms with Gasteiger partial charge in [0.1, 0.15) is 0 Å². The Kier molecular flexibility index (Phi) is 5.99. The molecule has 0 bridgehead atoms. The van der Waals surface area contributed by atoms with E-state index in [0.717, 1.165) is 0 Å². The molecule has 0 saturated heterocycles. The molecule has 3 heteroatoms. The van der Waals surface area contributed by atoms with Crippen LogP contribution in [-0.4, -0.2) is 35.6 Å². The van der Waals surface area contributed by atoms with E-state index in [-0.39, 0.29) is 18.4 Å². The van der Waals surface area contributed by atoms with Crippen molar-refractivity contribution in [3.8, 4) is 12.3 Å². The molecule has 0 unspecified atom stereocenters. The molecule has 0 aliphatic carbocycles. The van der Waals surface area contributed by atoms with Gasteiger partial charge in [-0.05, 0) is 0 Å². The molecule has 13 heavy (non-hydrogen) atoms. The summed E-state index contributed by atoms with van der Waals surface area (Å²) in [5.74, 6) is 2.48. The Bertz CT molecular complexity index is 194. The second-order valence-corrected chi connectivity index (χ2v) is 3.16. The van der Waals surface area contributed by atoms with Gasteiger partial charge in [0.2, 0.25) is 5.91 Å². The van der Waals surface area contributed by atoms with Gasteiger partial charge in [-0.15, -0.1) is 12.3 Å². The van der Waals surface area contributed by atoms with Gasteiger partial charge in [0.05, 0.1) is 6.61 Å². The van der Waals surface area contributed by atoms with Crippen LogP contribution < -0.4 is 0 Å². The molecule has 0 heterocycles. The van der Waals surface area contributed by atoms with Crippen LogP contribution in [0.5, 0.6) is 0 Å². The van der Waals surface area contributed by atoms with Gasteiger partial charge < -0.3 is 10.0 Å². The topological polar surface area (TPSA) is 40.5 Å². The molecule has 0 rings (SSSR count). The Morgan fingerprint density at radius 3 is 2.54 bits per heavy atom. The summed E-state index contributed by atoms with van der Waals surface area (Å²) in [6.45, 7) is 4.57. The lowest BCUT2D eigenvalue weighted by Crippen LogP contribution is -2.37. The molecule has 0 fully saturated rings. The SMILES string of the molecule is C#CCCN(CCO)C(=O)C(C)C. The summed E-state index contributed by atoms with van der Waals surface area (Å²) < 4.78 is 0. The van der Waals surface area contributed by atoms with Crippen LogP contribution in [0.15, 0.2) is 0 Å². The Morgan fingerprint density at radius 1 is 1.54 bits per heavy atom. The quantitative estimate of drug-likeness (QED) is 0.630. The predicted molar refractivity (Wildman–Crippen MR) is 52.0 cm³/mol. The molecule has 0 aliphatic rings. The van der Waals surface area contributed by atoms with Gasteiger partial charge in [-0.3, -0.25) is 4.79 Å². The summed E-state index contributed by atoms with van der Waals surface area (Å²) >= 11 is 0. The Balaban J connectivity index is 4.08. The van der Waals surface area contributed by atoms with Crippen LogP contribution in [-0.2, 0) is 4.79 Å². The van der Waals surface area contributed by atoms with Crippen LogP contribution in [0.2, 0.25) is 0 Å². The molecule has 0 aromatic carbocycles. The predicted octanol–water partition coefficient (Wildman–Crippen LogP) is 0.487. The van der Waals surface area contributed by atoms with Crippen LogP contribution in [0.3, 0.4) is 0 Å². The first-order valence-electron chi connectivity index (χ1n) is 4.46. The zero-order valence-electron chi connectivity index (χ0n) is 8.29. The molecule has 0 aromatic rings. The summed E-state index contributed by atoms with van der Waals surface area (Å²) in [5.41, 5.74) is 0. The number of rotatable bonds is 5. The number of aliphatic hydroxyl groups excluding tert-OH is 1. The molecule has 0 saturated carbocycles. The minimum atomic E-state index is -0.0377. The van der Waals surface area contributed by atoms with E-state index in [1.165, 1.54) is 0 Å². The fourth-order valence-electron chi connectivity index (χ4n) is 1.02. The van der Waals surface area contributed by atoms with Crippen molar-refractivity contribution in [3.63, 3.8) is 0 Å².